The van der Waals surface area contributed by atoms with Crippen LogP contribution in [0.4, 0.5) is 0 Å². The number of hydrogen-bond donors (Lipinski definition) is 1. The van der Waals surface area contributed by atoms with E-state index in [2.05, 4.69) is 9.47 Å². The molecule has 0 spiro atoms. The van der Waals surface area contributed by atoms with Crippen LogP contribution < -0.4 is 9.47 Å². The van der Waals surface area contributed by atoms with E-state index >= 15 is 0 Å². The van der Waals surface area contributed by atoms with Crippen molar-refractivity contribution in [1.29, 1.82) is 0 Å². The van der Waals surface area contributed by atoms with E-state index in [1.807, 2.05) is 62.4 Å². The second kappa shape index (κ2) is 24.0. The Morgan fingerprint density at radius 2 is 1.37 bits per heavy atom. The molecule has 12 heteroatoms. The van der Waals surface area contributed by atoms with Gasteiger partial charge < -0.3 is 33.5 Å². The van der Waals surface area contributed by atoms with Crippen LogP contribution in [0.3, 0.4) is 0 Å². The lowest BCUT2D eigenvalue weighted by molar-refractivity contribution is -0.147. The summed E-state index contributed by atoms with van der Waals surface area (Å²) in [6, 6.07) is 11.5. The first kappa shape index (κ1) is 43.8. The van der Waals surface area contributed by atoms with Gasteiger partial charge in [-0.15, -0.1) is 0 Å². The number of esters is 3. The molecule has 0 saturated heterocycles. The van der Waals surface area contributed by atoms with Gasteiger partial charge in [-0.05, 0) is 87.2 Å². The lowest BCUT2D eigenvalue weighted by Crippen LogP contribution is -2.21. The molecule has 0 bridgehead atoms. The number of ether oxygens (including phenoxy) is 6. The minimum Gasteiger partial charge on any atom is -0.501 e. The van der Waals surface area contributed by atoms with Crippen molar-refractivity contribution in [2.75, 3.05) is 34.5 Å². The highest BCUT2D eigenvalue weighted by molar-refractivity contribution is 5.96. The third-order valence-corrected chi connectivity index (χ3v) is 6.85. The van der Waals surface area contributed by atoms with Crippen molar-refractivity contribution in [2.45, 2.75) is 72.5 Å². The summed E-state index contributed by atoms with van der Waals surface area (Å²) in [5, 5.41) is 9.81. The van der Waals surface area contributed by atoms with Crippen molar-refractivity contribution in [2.24, 2.45) is 0 Å². The Morgan fingerprint density at radius 1 is 0.843 bits per heavy atom. The number of aryl methyl sites for hydroxylation is 2. The van der Waals surface area contributed by atoms with Crippen molar-refractivity contribution < 1.29 is 57.5 Å². The van der Waals surface area contributed by atoms with Gasteiger partial charge in [0, 0.05) is 12.8 Å². The average molecular weight is 711 g/mol. The van der Waals surface area contributed by atoms with Gasteiger partial charge in [0.25, 0.3) is 0 Å². The number of Topliss-reactive ketones (excluding diaryl/α,β-unsaturated/α-hetero) is 2. The van der Waals surface area contributed by atoms with Crippen LogP contribution in [0.25, 0.3) is 12.2 Å². The zero-order chi connectivity index (χ0) is 38.3. The molecule has 2 unspecified atom stereocenters. The zero-order valence-electron chi connectivity index (χ0n) is 30.7. The molecule has 0 saturated carbocycles. The SMILES string of the molecule is CCOC(=O)CC(=O)CC(O)/C=C/c1ccc(OC)c(C)c1.CCOC(=O)CC(C)=O.COC1=CC(=O)OC(/C=C/c2ccc(OC)c(C)c2)C1. The summed E-state index contributed by atoms with van der Waals surface area (Å²) < 4.78 is 29.9. The molecule has 12 nitrogen and oxygen atoms in total. The first-order chi connectivity index (χ1) is 24.2. The summed E-state index contributed by atoms with van der Waals surface area (Å²) in [5.41, 5.74) is 3.98. The Balaban J connectivity index is 0.000000415. The van der Waals surface area contributed by atoms with Crippen LogP contribution in [-0.2, 0) is 42.9 Å². The van der Waals surface area contributed by atoms with Crippen LogP contribution in [0.1, 0.15) is 68.7 Å². The number of cyclic esters (lactones) is 1. The van der Waals surface area contributed by atoms with E-state index in [0.29, 0.717) is 18.8 Å². The minimum absolute atomic E-state index is 0.103. The molecule has 0 fully saturated rings. The molecule has 0 aromatic heterocycles. The third-order valence-electron chi connectivity index (χ3n) is 6.85. The molecular weight excluding hydrogens is 660 g/mol. The molecule has 51 heavy (non-hydrogen) atoms. The van der Waals surface area contributed by atoms with Crippen molar-refractivity contribution in [3.8, 4) is 11.5 Å². The molecule has 1 N–H and O–H groups in total. The van der Waals surface area contributed by atoms with E-state index in [0.717, 1.165) is 33.8 Å². The largest absolute Gasteiger partial charge is 0.501 e. The number of methoxy groups -OCH3 is 3. The Kier molecular flexibility index (Phi) is 20.6. The molecule has 1 aliphatic rings. The predicted molar refractivity (Wildman–Crippen MR) is 192 cm³/mol. The summed E-state index contributed by atoms with van der Waals surface area (Å²) in [5.74, 6) is 0.419. The third kappa shape index (κ3) is 18.4. The van der Waals surface area contributed by atoms with E-state index < -0.39 is 18.0 Å². The molecular formula is C39H50O12. The fraction of sp³-hybridized carbons (Fsp3) is 0.410. The number of aliphatic hydroxyl groups is 1. The van der Waals surface area contributed by atoms with Gasteiger partial charge in [-0.1, -0.05) is 30.4 Å². The summed E-state index contributed by atoms with van der Waals surface area (Å²) in [6.45, 7) is 9.24. The molecule has 0 aliphatic carbocycles. The molecule has 2 aromatic rings. The van der Waals surface area contributed by atoms with Gasteiger partial charge in [-0.3, -0.25) is 19.2 Å². The highest BCUT2D eigenvalue weighted by atomic mass is 16.6. The highest BCUT2D eigenvalue weighted by Gasteiger charge is 2.20. The molecule has 1 heterocycles. The fourth-order valence-electron chi connectivity index (χ4n) is 4.48. The normalized spacial score (nSPS) is 14.1. The summed E-state index contributed by atoms with van der Waals surface area (Å²) in [7, 11) is 4.81. The van der Waals surface area contributed by atoms with Gasteiger partial charge in [0.15, 0.2) is 0 Å². The molecule has 0 amide bonds. The number of hydrogen-bond acceptors (Lipinski definition) is 12. The maximum absolute atomic E-state index is 11.6. The van der Waals surface area contributed by atoms with Gasteiger partial charge >= 0.3 is 17.9 Å². The lowest BCUT2D eigenvalue weighted by Gasteiger charge is -2.19. The Morgan fingerprint density at radius 3 is 1.84 bits per heavy atom. The second-order valence-electron chi connectivity index (χ2n) is 11.1. The Hall–Kier alpha value is -5.23. The van der Waals surface area contributed by atoms with Crippen LogP contribution in [0.15, 0.2) is 60.4 Å². The highest BCUT2D eigenvalue weighted by Crippen LogP contribution is 2.22. The molecule has 278 valence electrons. The quantitative estimate of drug-likeness (QED) is 0.137. The monoisotopic (exact) mass is 710 g/mol. The maximum Gasteiger partial charge on any atom is 0.334 e. The Labute approximate surface area is 300 Å². The Bertz CT molecular complexity index is 1550. The fourth-order valence-corrected chi connectivity index (χ4v) is 4.48. The van der Waals surface area contributed by atoms with Crippen LogP contribution >= 0.6 is 0 Å². The molecule has 2 atom stereocenters. The topological polar surface area (TPSA) is 161 Å². The lowest BCUT2D eigenvalue weighted by atomic mass is 10.1. The molecule has 1 aliphatic heterocycles. The van der Waals surface area contributed by atoms with E-state index in [4.69, 9.17) is 18.9 Å². The van der Waals surface area contributed by atoms with E-state index in [-0.39, 0.29) is 49.5 Å². The van der Waals surface area contributed by atoms with Crippen molar-refractivity contribution in [1.82, 2.24) is 0 Å². The van der Waals surface area contributed by atoms with Gasteiger partial charge in [0.2, 0.25) is 0 Å². The number of rotatable bonds is 15. The maximum atomic E-state index is 11.6. The first-order valence-corrected chi connectivity index (χ1v) is 16.4. The van der Waals surface area contributed by atoms with Crippen molar-refractivity contribution >= 4 is 41.6 Å². The second-order valence-corrected chi connectivity index (χ2v) is 11.1. The minimum atomic E-state index is -0.927. The van der Waals surface area contributed by atoms with Crippen LogP contribution in [-0.4, -0.2) is 81.3 Å². The van der Waals surface area contributed by atoms with Gasteiger partial charge in [0.05, 0.1) is 46.7 Å². The smallest absolute Gasteiger partial charge is 0.334 e. The summed E-state index contributed by atoms with van der Waals surface area (Å²) in [6.07, 6.45) is 7.27. The van der Waals surface area contributed by atoms with Crippen LogP contribution in [0.2, 0.25) is 0 Å². The number of aliphatic hydroxyl groups excluding tert-OH is 1. The van der Waals surface area contributed by atoms with Gasteiger partial charge in [0.1, 0.15) is 47.8 Å². The van der Waals surface area contributed by atoms with Crippen LogP contribution in [0, 0.1) is 13.8 Å². The van der Waals surface area contributed by atoms with Gasteiger partial charge in [-0.2, -0.15) is 0 Å². The average Bonchev–Trinajstić information content (AvgIpc) is 3.06. The number of carbonyl (C=O) groups is 5. The molecule has 0 radical (unpaired) electrons. The standard InChI is InChI=1S/C17H22O5.C16H18O4.C6H10O3/c1-4-22-17(20)11-15(19)10-14(18)7-5-13-6-8-16(21-3)12(2)9-13;1-11-8-12(5-7-15(11)19-3)4-6-13-9-14(18-2)10-16(17)20-13;1-3-9-6(8)4-5(2)7/h5-9,14,18H,4,10-11H2,1-3H3;4-8,10,13H,9H2,1-3H3;3-4H2,1-2H3/b7-5+;6-4+;. The summed E-state index contributed by atoms with van der Waals surface area (Å²) in [4.78, 5) is 54.7. The van der Waals surface area contributed by atoms with Crippen LogP contribution in [0.5, 0.6) is 11.5 Å². The zero-order valence-corrected chi connectivity index (χ0v) is 30.7. The van der Waals surface area contributed by atoms with E-state index in [9.17, 15) is 29.1 Å². The van der Waals surface area contributed by atoms with E-state index in [1.54, 1.807) is 41.3 Å². The van der Waals surface area contributed by atoms with Crippen molar-refractivity contribution in [3.05, 3.63) is 82.6 Å². The predicted octanol–water partition coefficient (Wildman–Crippen LogP) is 5.68. The number of ketones is 2. The van der Waals surface area contributed by atoms with E-state index in [1.165, 1.54) is 19.1 Å². The molecule has 2 aromatic carbocycles. The number of carbonyl (C=O) groups excluding carboxylic acids is 5. The van der Waals surface area contributed by atoms with Gasteiger partial charge in [-0.25, -0.2) is 4.79 Å². The number of benzene rings is 2. The first-order valence-electron chi connectivity index (χ1n) is 16.4. The van der Waals surface area contributed by atoms with Crippen molar-refractivity contribution in [3.63, 3.8) is 0 Å². The molecule has 3 rings (SSSR count). The summed E-state index contributed by atoms with van der Waals surface area (Å²) >= 11 is 0.